The molecule has 0 fully saturated rings. The number of hydrogen-bond acceptors (Lipinski definition) is 1. The highest BCUT2D eigenvalue weighted by Crippen LogP contribution is 1.91. The molecule has 1 N–H and O–H groups in total. The molecule has 0 aliphatic heterocycles. The maximum atomic E-state index is 4.24. The lowest BCUT2D eigenvalue weighted by Crippen LogP contribution is -2.11. The van der Waals surface area contributed by atoms with E-state index in [2.05, 4.69) is 23.8 Å². The molecule has 1 aromatic heterocycles. The van der Waals surface area contributed by atoms with Crippen LogP contribution in [0.5, 0.6) is 0 Å². The largest absolute Gasteiger partial charge is 0.249 e. The minimum Gasteiger partial charge on any atom is -0.249 e. The molecule has 0 amide bonds. The molecule has 0 aliphatic carbocycles. The molecule has 1 rings (SSSR count). The van der Waals surface area contributed by atoms with Gasteiger partial charge in [0.2, 0.25) is 0 Å². The van der Waals surface area contributed by atoms with Crippen LogP contribution in [0.4, 0.5) is 0 Å². The van der Waals surface area contributed by atoms with Gasteiger partial charge in [-0.1, -0.05) is 13.8 Å². The highest BCUT2D eigenvalue weighted by atomic mass is 14.8. The molecule has 0 saturated heterocycles. The van der Waals surface area contributed by atoms with Crippen LogP contribution in [-0.4, -0.2) is 4.98 Å². The van der Waals surface area contributed by atoms with E-state index in [9.17, 15) is 0 Å². The predicted octanol–water partition coefficient (Wildman–Crippen LogP) is 1.02. The summed E-state index contributed by atoms with van der Waals surface area (Å²) < 4.78 is 0. The number of aromatic amines is 1. The van der Waals surface area contributed by atoms with Crippen molar-refractivity contribution in [2.45, 2.75) is 26.7 Å². The molecule has 0 aromatic carbocycles. The molecular weight excluding hydrogens is 124 g/mol. The van der Waals surface area contributed by atoms with Gasteiger partial charge in [0.25, 0.3) is 0 Å². The fraction of sp³-hybridized carbons (Fsp3) is 0.500. The summed E-state index contributed by atoms with van der Waals surface area (Å²) in [6, 6.07) is 0. The van der Waals surface area contributed by atoms with Gasteiger partial charge in [-0.25, -0.2) is 9.97 Å². The molecular formula is C8H13N2+. The Labute approximate surface area is 61.3 Å². The van der Waals surface area contributed by atoms with Crippen molar-refractivity contribution in [3.05, 3.63) is 23.8 Å². The van der Waals surface area contributed by atoms with Gasteiger partial charge in [-0.15, -0.1) is 0 Å². The van der Waals surface area contributed by atoms with Crippen LogP contribution in [0.3, 0.4) is 0 Å². The van der Waals surface area contributed by atoms with Crippen LogP contribution >= 0.6 is 0 Å². The van der Waals surface area contributed by atoms with Crippen molar-refractivity contribution in [2.24, 2.45) is 0 Å². The molecule has 0 saturated carbocycles. The van der Waals surface area contributed by atoms with Crippen molar-refractivity contribution in [1.82, 2.24) is 4.98 Å². The van der Waals surface area contributed by atoms with Crippen LogP contribution in [0, 0.1) is 0 Å². The van der Waals surface area contributed by atoms with E-state index in [-0.39, 0.29) is 0 Å². The first-order valence-electron chi connectivity index (χ1n) is 3.72. The van der Waals surface area contributed by atoms with Gasteiger partial charge in [-0.05, 0) is 6.42 Å². The number of hydrogen-bond donors (Lipinski definition) is 0. The van der Waals surface area contributed by atoms with Crippen molar-refractivity contribution in [2.75, 3.05) is 0 Å². The molecule has 0 atom stereocenters. The van der Waals surface area contributed by atoms with Crippen LogP contribution < -0.4 is 4.98 Å². The Morgan fingerprint density at radius 2 is 2.20 bits per heavy atom. The maximum absolute atomic E-state index is 4.24. The third-order valence-corrected chi connectivity index (χ3v) is 1.55. The van der Waals surface area contributed by atoms with Gasteiger partial charge in [0.05, 0.1) is 6.20 Å². The van der Waals surface area contributed by atoms with E-state index in [0.29, 0.717) is 0 Å². The van der Waals surface area contributed by atoms with Gasteiger partial charge in [0, 0.05) is 6.42 Å². The molecule has 0 radical (unpaired) electrons. The second-order valence-corrected chi connectivity index (χ2v) is 2.27. The highest BCUT2D eigenvalue weighted by molar-refractivity contribution is 4.94. The molecule has 54 valence electrons. The Bertz CT molecular complexity index is 168. The predicted molar refractivity (Wildman–Crippen MR) is 39.5 cm³/mol. The lowest BCUT2D eigenvalue weighted by Gasteiger charge is -1.89. The molecule has 2 heteroatoms. The van der Waals surface area contributed by atoms with E-state index in [1.165, 1.54) is 5.69 Å². The number of rotatable bonds is 2. The summed E-state index contributed by atoms with van der Waals surface area (Å²) in [5, 5.41) is 0. The van der Waals surface area contributed by atoms with Crippen LogP contribution in [0.1, 0.15) is 25.2 Å². The Morgan fingerprint density at radius 3 is 2.60 bits per heavy atom. The Morgan fingerprint density at radius 1 is 1.40 bits per heavy atom. The van der Waals surface area contributed by atoms with E-state index < -0.39 is 0 Å². The molecule has 2 nitrogen and oxygen atoms in total. The zero-order chi connectivity index (χ0) is 7.40. The minimum absolute atomic E-state index is 1.00. The summed E-state index contributed by atoms with van der Waals surface area (Å²) in [4.78, 5) is 7.41. The van der Waals surface area contributed by atoms with Gasteiger partial charge in [0.15, 0.2) is 11.9 Å². The Kier molecular flexibility index (Phi) is 2.37. The van der Waals surface area contributed by atoms with E-state index in [1.54, 1.807) is 0 Å². The summed E-state index contributed by atoms with van der Waals surface area (Å²) in [7, 11) is 0. The molecule has 0 spiro atoms. The topological polar surface area (TPSA) is 27.0 Å². The van der Waals surface area contributed by atoms with E-state index >= 15 is 0 Å². The first-order valence-corrected chi connectivity index (χ1v) is 3.72. The van der Waals surface area contributed by atoms with Crippen molar-refractivity contribution < 1.29 is 4.98 Å². The lowest BCUT2D eigenvalue weighted by atomic mass is 10.3. The average Bonchev–Trinajstić information content (AvgIpc) is 2.05. The minimum atomic E-state index is 1.00. The van der Waals surface area contributed by atoms with E-state index in [4.69, 9.17) is 0 Å². The summed E-state index contributed by atoms with van der Waals surface area (Å²) in [5.74, 6) is 0. The lowest BCUT2D eigenvalue weighted by molar-refractivity contribution is -0.391. The van der Waals surface area contributed by atoms with Gasteiger partial charge in [-0.3, -0.25) is 0 Å². The van der Waals surface area contributed by atoms with Crippen LogP contribution in [0.15, 0.2) is 12.4 Å². The Balaban J connectivity index is 2.80. The molecule has 0 bridgehead atoms. The zero-order valence-electron chi connectivity index (χ0n) is 6.52. The average molecular weight is 137 g/mol. The highest BCUT2D eigenvalue weighted by Gasteiger charge is 1.97. The fourth-order valence-electron chi connectivity index (χ4n) is 0.798. The number of aromatic nitrogens is 2. The van der Waals surface area contributed by atoms with Gasteiger partial charge in [0.1, 0.15) is 5.69 Å². The SMILES string of the molecule is CCc1c[nH+]c(CC)cn1. The molecule has 1 heterocycles. The number of H-pyrrole nitrogens is 1. The molecule has 0 aliphatic rings. The van der Waals surface area contributed by atoms with Gasteiger partial charge >= 0.3 is 0 Å². The van der Waals surface area contributed by atoms with Crippen LogP contribution in [0.2, 0.25) is 0 Å². The fourth-order valence-corrected chi connectivity index (χ4v) is 0.798. The normalized spacial score (nSPS) is 9.80. The van der Waals surface area contributed by atoms with Gasteiger partial charge in [-0.2, -0.15) is 0 Å². The van der Waals surface area contributed by atoms with Crippen LogP contribution in [-0.2, 0) is 12.8 Å². The number of aryl methyl sites for hydroxylation is 2. The Hall–Kier alpha value is -0.920. The van der Waals surface area contributed by atoms with Gasteiger partial charge < -0.3 is 0 Å². The maximum Gasteiger partial charge on any atom is 0.197 e. The monoisotopic (exact) mass is 137 g/mol. The van der Waals surface area contributed by atoms with Crippen molar-refractivity contribution >= 4 is 0 Å². The second-order valence-electron chi connectivity index (χ2n) is 2.27. The van der Waals surface area contributed by atoms with Crippen molar-refractivity contribution in [1.29, 1.82) is 0 Å². The van der Waals surface area contributed by atoms with Crippen molar-refractivity contribution in [3.63, 3.8) is 0 Å². The molecule has 10 heavy (non-hydrogen) atoms. The van der Waals surface area contributed by atoms with Crippen molar-refractivity contribution in [3.8, 4) is 0 Å². The third kappa shape index (κ3) is 1.53. The number of nitrogens with zero attached hydrogens (tertiary/aromatic N) is 1. The van der Waals surface area contributed by atoms with Crippen LogP contribution in [0.25, 0.3) is 0 Å². The van der Waals surface area contributed by atoms with E-state index in [0.717, 1.165) is 18.5 Å². The van der Waals surface area contributed by atoms with E-state index in [1.807, 2.05) is 12.4 Å². The summed E-state index contributed by atoms with van der Waals surface area (Å²) >= 11 is 0. The summed E-state index contributed by atoms with van der Waals surface area (Å²) in [5.41, 5.74) is 2.31. The smallest absolute Gasteiger partial charge is 0.197 e. The third-order valence-electron chi connectivity index (χ3n) is 1.55. The number of nitrogens with one attached hydrogen (secondary N) is 1. The standard InChI is InChI=1S/C8H12N2/c1-3-7-5-10-8(4-2)6-9-7/h5-6H,3-4H2,1-2H3/p+1. The first kappa shape index (κ1) is 7.19. The second kappa shape index (κ2) is 3.30. The summed E-state index contributed by atoms with van der Waals surface area (Å²) in [6.07, 6.45) is 5.90. The summed E-state index contributed by atoms with van der Waals surface area (Å²) in [6.45, 7) is 4.21. The first-order chi connectivity index (χ1) is 4.86. The quantitative estimate of drug-likeness (QED) is 0.598. The zero-order valence-corrected chi connectivity index (χ0v) is 6.52. The molecule has 1 aromatic rings. The molecule has 0 unspecified atom stereocenters.